The number of hydrogen-bond acceptors (Lipinski definition) is 6. The summed E-state index contributed by atoms with van der Waals surface area (Å²) in [6.45, 7) is 0. The van der Waals surface area contributed by atoms with Crippen molar-refractivity contribution in [2.45, 2.75) is 0 Å². The first kappa shape index (κ1) is 12.5. The van der Waals surface area contributed by atoms with Crippen molar-refractivity contribution in [3.8, 4) is 5.75 Å². The van der Waals surface area contributed by atoms with Crippen molar-refractivity contribution in [1.29, 1.82) is 0 Å². The van der Waals surface area contributed by atoms with E-state index < -0.39 is 17.4 Å². The van der Waals surface area contributed by atoms with Crippen LogP contribution in [0, 0.1) is 11.6 Å². The van der Waals surface area contributed by atoms with E-state index >= 15 is 0 Å². The first-order valence-electron chi connectivity index (χ1n) is 5.45. The van der Waals surface area contributed by atoms with Crippen LogP contribution < -0.4 is 0 Å². The zero-order valence-corrected chi connectivity index (χ0v) is 10.6. The summed E-state index contributed by atoms with van der Waals surface area (Å²) in [7, 11) is 0. The summed E-state index contributed by atoms with van der Waals surface area (Å²) in [5.74, 6) is -2.59. The molecule has 0 amide bonds. The summed E-state index contributed by atoms with van der Waals surface area (Å²) in [4.78, 5) is 4.03. The zero-order valence-electron chi connectivity index (χ0n) is 9.79. The second-order valence-corrected chi connectivity index (χ2v) is 4.57. The standard InChI is InChI=1S/C12H6F2N4OS/c13-7-5-10(19)8(14)4-9(7)16-17-12-6-2-1-3-15-11(6)18-20-12/h1-5,19H. The predicted octanol–water partition coefficient (Wildman–Crippen LogP) is 4.09. The highest BCUT2D eigenvalue weighted by Gasteiger charge is 2.10. The highest BCUT2D eigenvalue weighted by atomic mass is 32.1. The Morgan fingerprint density at radius 2 is 2.00 bits per heavy atom. The molecule has 0 radical (unpaired) electrons. The van der Waals surface area contributed by atoms with Gasteiger partial charge in [-0.05, 0) is 23.7 Å². The van der Waals surface area contributed by atoms with Crippen molar-refractivity contribution in [3.05, 3.63) is 42.1 Å². The number of hydrogen-bond donors (Lipinski definition) is 1. The molecule has 0 saturated carbocycles. The fraction of sp³-hybridized carbons (Fsp3) is 0. The quantitative estimate of drug-likeness (QED) is 0.723. The Labute approximate surface area is 115 Å². The number of nitrogens with zero attached hydrogens (tertiary/aromatic N) is 4. The van der Waals surface area contributed by atoms with Gasteiger partial charge >= 0.3 is 0 Å². The van der Waals surface area contributed by atoms with Crippen LogP contribution in [0.5, 0.6) is 5.75 Å². The van der Waals surface area contributed by atoms with Gasteiger partial charge in [0.25, 0.3) is 0 Å². The maximum Gasteiger partial charge on any atom is 0.175 e. The van der Waals surface area contributed by atoms with Crippen LogP contribution >= 0.6 is 11.5 Å². The number of halogens is 2. The second kappa shape index (κ2) is 4.89. The van der Waals surface area contributed by atoms with Gasteiger partial charge in [-0.2, -0.15) is 4.37 Å². The molecule has 2 aromatic heterocycles. The average molecular weight is 292 g/mol. The summed E-state index contributed by atoms with van der Waals surface area (Å²) in [6.07, 6.45) is 1.60. The fourth-order valence-electron chi connectivity index (χ4n) is 1.55. The third kappa shape index (κ3) is 2.21. The molecule has 3 rings (SSSR count). The number of aromatic nitrogens is 2. The first-order valence-corrected chi connectivity index (χ1v) is 6.22. The summed E-state index contributed by atoms with van der Waals surface area (Å²) in [5, 5.41) is 17.6. The van der Waals surface area contributed by atoms with Crippen LogP contribution in [0.15, 0.2) is 40.7 Å². The topological polar surface area (TPSA) is 70.7 Å². The van der Waals surface area contributed by atoms with Crippen LogP contribution in [0.1, 0.15) is 0 Å². The monoisotopic (exact) mass is 292 g/mol. The Morgan fingerprint density at radius 3 is 2.85 bits per heavy atom. The Bertz CT molecular complexity index is 818. The SMILES string of the molecule is Oc1cc(F)c(N=Nc2snc3ncccc23)cc1F. The average Bonchev–Trinajstić information content (AvgIpc) is 2.85. The summed E-state index contributed by atoms with van der Waals surface area (Å²) in [5.41, 5.74) is 0.217. The molecule has 8 heteroatoms. The van der Waals surface area contributed by atoms with Crippen LogP contribution in [0.2, 0.25) is 0 Å². The van der Waals surface area contributed by atoms with E-state index in [1.807, 2.05) is 0 Å². The minimum Gasteiger partial charge on any atom is -0.505 e. The Hall–Kier alpha value is -2.48. The highest BCUT2D eigenvalue weighted by Crippen LogP contribution is 2.32. The van der Waals surface area contributed by atoms with E-state index in [2.05, 4.69) is 19.6 Å². The van der Waals surface area contributed by atoms with Gasteiger partial charge in [0.15, 0.2) is 28.0 Å². The number of rotatable bonds is 2. The number of aromatic hydroxyl groups is 1. The number of phenolic OH excluding ortho intramolecular Hbond substituents is 1. The van der Waals surface area contributed by atoms with Crippen LogP contribution in [0.3, 0.4) is 0 Å². The van der Waals surface area contributed by atoms with Gasteiger partial charge in [0.2, 0.25) is 0 Å². The van der Waals surface area contributed by atoms with Crippen molar-refractivity contribution in [2.75, 3.05) is 0 Å². The molecular formula is C12H6F2N4OS. The van der Waals surface area contributed by atoms with Gasteiger partial charge in [0.05, 0.1) is 5.39 Å². The molecule has 5 nitrogen and oxygen atoms in total. The van der Waals surface area contributed by atoms with Crippen molar-refractivity contribution in [1.82, 2.24) is 9.36 Å². The molecule has 1 N–H and O–H groups in total. The molecule has 3 aromatic rings. The number of fused-ring (bicyclic) bond motifs is 1. The minimum atomic E-state index is -0.962. The molecule has 0 spiro atoms. The summed E-state index contributed by atoms with van der Waals surface area (Å²) >= 11 is 1.06. The largest absolute Gasteiger partial charge is 0.505 e. The summed E-state index contributed by atoms with van der Waals surface area (Å²) in [6, 6.07) is 4.90. The molecule has 0 saturated heterocycles. The molecule has 20 heavy (non-hydrogen) atoms. The van der Waals surface area contributed by atoms with Crippen molar-refractivity contribution < 1.29 is 13.9 Å². The van der Waals surface area contributed by atoms with E-state index in [4.69, 9.17) is 5.11 Å². The van der Waals surface area contributed by atoms with Crippen LogP contribution in [-0.2, 0) is 0 Å². The van der Waals surface area contributed by atoms with E-state index in [-0.39, 0.29) is 5.69 Å². The normalized spacial score (nSPS) is 11.5. The van der Waals surface area contributed by atoms with Gasteiger partial charge in [0, 0.05) is 18.3 Å². The van der Waals surface area contributed by atoms with Crippen molar-refractivity contribution >= 4 is 33.3 Å². The molecule has 0 atom stereocenters. The molecule has 0 bridgehead atoms. The Morgan fingerprint density at radius 1 is 1.15 bits per heavy atom. The lowest BCUT2D eigenvalue weighted by molar-refractivity contribution is 0.427. The van der Waals surface area contributed by atoms with Gasteiger partial charge in [-0.3, -0.25) is 0 Å². The smallest absolute Gasteiger partial charge is 0.175 e. The van der Waals surface area contributed by atoms with E-state index in [1.54, 1.807) is 18.3 Å². The maximum absolute atomic E-state index is 13.5. The Kier molecular flexibility index (Phi) is 3.07. The third-order valence-corrected chi connectivity index (χ3v) is 3.24. The molecule has 1 aromatic carbocycles. The van der Waals surface area contributed by atoms with Crippen LogP contribution in [0.4, 0.5) is 19.5 Å². The first-order chi connectivity index (χ1) is 9.65. The highest BCUT2D eigenvalue weighted by molar-refractivity contribution is 7.11. The van der Waals surface area contributed by atoms with Crippen molar-refractivity contribution in [2.24, 2.45) is 10.2 Å². The Balaban J connectivity index is 2.00. The van der Waals surface area contributed by atoms with Gasteiger partial charge in [-0.1, -0.05) is 0 Å². The number of pyridine rings is 1. The molecule has 0 fully saturated rings. The lowest BCUT2D eigenvalue weighted by Crippen LogP contribution is -1.80. The maximum atomic E-state index is 13.5. The van der Waals surface area contributed by atoms with Crippen LogP contribution in [-0.4, -0.2) is 14.5 Å². The van der Waals surface area contributed by atoms with Gasteiger partial charge in [-0.15, -0.1) is 10.2 Å². The number of benzene rings is 1. The van der Waals surface area contributed by atoms with Gasteiger partial charge in [-0.25, -0.2) is 13.8 Å². The molecule has 100 valence electrons. The molecule has 2 heterocycles. The molecule has 0 unspecified atom stereocenters. The molecule has 0 aliphatic heterocycles. The summed E-state index contributed by atoms with van der Waals surface area (Å²) < 4.78 is 30.7. The zero-order chi connectivity index (χ0) is 14.1. The van der Waals surface area contributed by atoms with E-state index in [0.717, 1.165) is 17.6 Å². The predicted molar refractivity (Wildman–Crippen MR) is 69.6 cm³/mol. The van der Waals surface area contributed by atoms with E-state index in [1.165, 1.54) is 0 Å². The van der Waals surface area contributed by atoms with Crippen LogP contribution in [0.25, 0.3) is 11.0 Å². The second-order valence-electron chi connectivity index (χ2n) is 3.82. The van der Waals surface area contributed by atoms with E-state index in [0.29, 0.717) is 22.1 Å². The minimum absolute atomic E-state index is 0.300. The van der Waals surface area contributed by atoms with Crippen molar-refractivity contribution in [3.63, 3.8) is 0 Å². The molecule has 0 aliphatic rings. The molecule has 0 aliphatic carbocycles. The molecular weight excluding hydrogens is 286 g/mol. The third-order valence-electron chi connectivity index (χ3n) is 2.50. The fourth-order valence-corrected chi connectivity index (χ4v) is 2.20. The number of azo groups is 1. The van der Waals surface area contributed by atoms with Gasteiger partial charge in [0.1, 0.15) is 5.69 Å². The number of phenols is 1. The van der Waals surface area contributed by atoms with E-state index in [9.17, 15) is 8.78 Å². The van der Waals surface area contributed by atoms with Gasteiger partial charge < -0.3 is 5.11 Å². The lowest BCUT2D eigenvalue weighted by Gasteiger charge is -1.98. The lowest BCUT2D eigenvalue weighted by atomic mass is 10.3.